The molecule has 0 radical (unpaired) electrons. The van der Waals surface area contributed by atoms with Crippen molar-refractivity contribution in [3.8, 4) is 0 Å². The molecule has 1 heterocycles. The van der Waals surface area contributed by atoms with Crippen LogP contribution in [0.25, 0.3) is 0 Å². The summed E-state index contributed by atoms with van der Waals surface area (Å²) >= 11 is 1.08. The van der Waals surface area contributed by atoms with Crippen LogP contribution in [0, 0.1) is 0 Å². The molecule has 0 bridgehead atoms. The second-order valence-corrected chi connectivity index (χ2v) is 4.43. The number of carboxylic acids is 1. The third-order valence-electron chi connectivity index (χ3n) is 2.25. The maximum absolute atomic E-state index is 10.9. The Hall–Kier alpha value is -1.14. The molecule has 0 aliphatic heterocycles. The molecule has 1 unspecified atom stereocenters. The SMILES string of the molecule is CCCCC(NCc1csc(=O)[nH]1)C(=O)O. The summed E-state index contributed by atoms with van der Waals surface area (Å²) in [5.74, 6) is -0.842. The van der Waals surface area contributed by atoms with E-state index in [2.05, 4.69) is 10.3 Å². The van der Waals surface area contributed by atoms with Crippen LogP contribution in [-0.2, 0) is 11.3 Å². The summed E-state index contributed by atoms with van der Waals surface area (Å²) < 4.78 is 0. The van der Waals surface area contributed by atoms with Crippen LogP contribution in [0.5, 0.6) is 0 Å². The molecule has 0 aliphatic carbocycles. The first-order valence-corrected chi connectivity index (χ1v) is 6.14. The lowest BCUT2D eigenvalue weighted by Crippen LogP contribution is -2.36. The van der Waals surface area contributed by atoms with Crippen molar-refractivity contribution in [2.24, 2.45) is 0 Å². The quantitative estimate of drug-likeness (QED) is 0.672. The van der Waals surface area contributed by atoms with Crippen molar-refractivity contribution < 1.29 is 9.90 Å². The Balaban J connectivity index is 2.43. The standard InChI is InChI=1S/C10H16N2O3S/c1-2-3-4-8(9(13)14)11-5-7-6-16-10(15)12-7/h6,8,11H,2-5H2,1H3,(H,12,15)(H,13,14). The van der Waals surface area contributed by atoms with Gasteiger partial charge in [-0.05, 0) is 6.42 Å². The summed E-state index contributed by atoms with van der Waals surface area (Å²) in [4.78, 5) is 24.3. The molecule has 1 aromatic heterocycles. The zero-order chi connectivity index (χ0) is 12.0. The molecule has 90 valence electrons. The summed E-state index contributed by atoms with van der Waals surface area (Å²) in [6, 6.07) is -0.539. The third kappa shape index (κ3) is 4.16. The second kappa shape index (κ2) is 6.44. The molecule has 0 spiro atoms. The van der Waals surface area contributed by atoms with Gasteiger partial charge in [0.2, 0.25) is 0 Å². The number of aliphatic carboxylic acids is 1. The van der Waals surface area contributed by atoms with Gasteiger partial charge in [0.15, 0.2) is 0 Å². The van der Waals surface area contributed by atoms with Crippen molar-refractivity contribution in [3.63, 3.8) is 0 Å². The molecule has 1 rings (SSSR count). The zero-order valence-corrected chi connectivity index (χ0v) is 9.97. The molecule has 5 nitrogen and oxygen atoms in total. The number of H-pyrrole nitrogens is 1. The van der Waals surface area contributed by atoms with Gasteiger partial charge >= 0.3 is 10.8 Å². The lowest BCUT2D eigenvalue weighted by atomic mass is 10.1. The summed E-state index contributed by atoms with van der Waals surface area (Å²) in [6.45, 7) is 2.41. The van der Waals surface area contributed by atoms with Crippen molar-refractivity contribution in [1.82, 2.24) is 10.3 Å². The predicted molar refractivity (Wildman–Crippen MR) is 62.7 cm³/mol. The highest BCUT2D eigenvalue weighted by molar-refractivity contribution is 7.07. The minimum absolute atomic E-state index is 0.114. The molecule has 3 N–H and O–H groups in total. The van der Waals surface area contributed by atoms with Gasteiger partial charge in [0.25, 0.3) is 0 Å². The number of nitrogens with one attached hydrogen (secondary N) is 2. The highest BCUT2D eigenvalue weighted by Crippen LogP contribution is 2.03. The van der Waals surface area contributed by atoms with E-state index >= 15 is 0 Å². The van der Waals surface area contributed by atoms with Crippen LogP contribution in [0.15, 0.2) is 10.2 Å². The van der Waals surface area contributed by atoms with E-state index < -0.39 is 12.0 Å². The number of aromatic nitrogens is 1. The monoisotopic (exact) mass is 244 g/mol. The molecular formula is C10H16N2O3S. The van der Waals surface area contributed by atoms with Gasteiger partial charge in [-0.2, -0.15) is 0 Å². The van der Waals surface area contributed by atoms with E-state index in [0.717, 1.165) is 29.9 Å². The summed E-state index contributed by atoms with van der Waals surface area (Å²) in [5, 5.41) is 13.6. The van der Waals surface area contributed by atoms with Gasteiger partial charge in [0, 0.05) is 17.6 Å². The highest BCUT2D eigenvalue weighted by atomic mass is 32.1. The molecule has 1 aromatic rings. The number of carbonyl (C=O) groups is 1. The van der Waals surface area contributed by atoms with E-state index in [9.17, 15) is 9.59 Å². The Morgan fingerprint density at radius 1 is 1.69 bits per heavy atom. The molecule has 0 saturated heterocycles. The molecule has 0 aromatic carbocycles. The predicted octanol–water partition coefficient (Wildman–Crippen LogP) is 1.17. The number of thiazole rings is 1. The van der Waals surface area contributed by atoms with Crippen molar-refractivity contribution in [2.75, 3.05) is 0 Å². The topological polar surface area (TPSA) is 82.2 Å². The Kier molecular flexibility index (Phi) is 5.21. The highest BCUT2D eigenvalue weighted by Gasteiger charge is 2.15. The molecule has 0 fully saturated rings. The van der Waals surface area contributed by atoms with E-state index in [4.69, 9.17) is 5.11 Å². The normalized spacial score (nSPS) is 12.6. The van der Waals surface area contributed by atoms with Gasteiger partial charge < -0.3 is 10.1 Å². The number of rotatable bonds is 7. The van der Waals surface area contributed by atoms with Gasteiger partial charge in [-0.1, -0.05) is 31.1 Å². The van der Waals surface area contributed by atoms with Crippen LogP contribution in [0.1, 0.15) is 31.9 Å². The fraction of sp³-hybridized carbons (Fsp3) is 0.600. The van der Waals surface area contributed by atoms with E-state index in [1.165, 1.54) is 0 Å². The molecule has 0 amide bonds. The molecule has 6 heteroatoms. The molecule has 0 saturated carbocycles. The fourth-order valence-corrected chi connectivity index (χ4v) is 1.94. The second-order valence-electron chi connectivity index (χ2n) is 3.59. The van der Waals surface area contributed by atoms with Gasteiger partial charge in [0.05, 0.1) is 0 Å². The summed E-state index contributed by atoms with van der Waals surface area (Å²) in [7, 11) is 0. The van der Waals surface area contributed by atoms with Gasteiger partial charge in [-0.3, -0.25) is 14.9 Å². The third-order valence-corrected chi connectivity index (χ3v) is 2.97. The number of hydrogen-bond donors (Lipinski definition) is 3. The average Bonchev–Trinajstić information content (AvgIpc) is 2.64. The minimum atomic E-state index is -0.842. The van der Waals surface area contributed by atoms with E-state index in [-0.39, 0.29) is 4.87 Å². The van der Waals surface area contributed by atoms with Crippen LogP contribution in [0.4, 0.5) is 0 Å². The van der Waals surface area contributed by atoms with E-state index in [1.54, 1.807) is 5.38 Å². The number of hydrogen-bond acceptors (Lipinski definition) is 4. The first kappa shape index (κ1) is 12.9. The maximum atomic E-state index is 10.9. The first-order chi connectivity index (χ1) is 7.63. The van der Waals surface area contributed by atoms with Crippen LogP contribution < -0.4 is 10.2 Å². The van der Waals surface area contributed by atoms with Crippen LogP contribution in [0.3, 0.4) is 0 Å². The van der Waals surface area contributed by atoms with E-state index in [0.29, 0.717) is 13.0 Å². The van der Waals surface area contributed by atoms with Gasteiger partial charge in [-0.15, -0.1) is 0 Å². The Bertz CT molecular complexity index is 385. The van der Waals surface area contributed by atoms with Gasteiger partial charge in [-0.25, -0.2) is 0 Å². The molecule has 1 atom stereocenters. The fourth-order valence-electron chi connectivity index (χ4n) is 1.35. The summed E-state index contributed by atoms with van der Waals surface area (Å²) in [5.41, 5.74) is 0.734. The molecule has 0 aliphatic rings. The van der Waals surface area contributed by atoms with Crippen molar-refractivity contribution in [1.29, 1.82) is 0 Å². The Morgan fingerprint density at radius 2 is 2.44 bits per heavy atom. The first-order valence-electron chi connectivity index (χ1n) is 5.26. The number of unbranched alkanes of at least 4 members (excludes halogenated alkanes) is 1. The lowest BCUT2D eigenvalue weighted by Gasteiger charge is -2.12. The van der Waals surface area contributed by atoms with Crippen molar-refractivity contribution in [2.45, 2.75) is 38.8 Å². The van der Waals surface area contributed by atoms with Crippen LogP contribution >= 0.6 is 11.3 Å². The van der Waals surface area contributed by atoms with Crippen LogP contribution in [-0.4, -0.2) is 22.1 Å². The average molecular weight is 244 g/mol. The summed E-state index contributed by atoms with van der Waals surface area (Å²) in [6.07, 6.45) is 2.46. The number of aromatic amines is 1. The number of carboxylic acid groups (broad SMARTS) is 1. The van der Waals surface area contributed by atoms with Crippen molar-refractivity contribution >= 4 is 17.3 Å². The Morgan fingerprint density at radius 3 is 2.94 bits per heavy atom. The van der Waals surface area contributed by atoms with Gasteiger partial charge in [0.1, 0.15) is 6.04 Å². The van der Waals surface area contributed by atoms with E-state index in [1.807, 2.05) is 6.92 Å². The zero-order valence-electron chi connectivity index (χ0n) is 9.16. The van der Waals surface area contributed by atoms with Crippen LogP contribution in [0.2, 0.25) is 0 Å². The molecule has 16 heavy (non-hydrogen) atoms. The largest absolute Gasteiger partial charge is 0.480 e. The van der Waals surface area contributed by atoms with Crippen molar-refractivity contribution in [3.05, 3.63) is 20.7 Å². The smallest absolute Gasteiger partial charge is 0.320 e. The lowest BCUT2D eigenvalue weighted by molar-refractivity contribution is -0.139. The minimum Gasteiger partial charge on any atom is -0.480 e. The molecular weight excluding hydrogens is 228 g/mol. The maximum Gasteiger partial charge on any atom is 0.320 e. The Labute approximate surface area is 97.5 Å².